The Bertz CT molecular complexity index is 1010. The molecule has 2 aliphatic rings. The summed E-state index contributed by atoms with van der Waals surface area (Å²) >= 11 is 0. The summed E-state index contributed by atoms with van der Waals surface area (Å²) in [6, 6.07) is 14.4. The van der Waals surface area contributed by atoms with E-state index in [1.165, 1.54) is 0 Å². The highest BCUT2D eigenvalue weighted by atomic mass is 16.5. The van der Waals surface area contributed by atoms with E-state index in [-0.39, 0.29) is 23.9 Å². The van der Waals surface area contributed by atoms with Crippen LogP contribution < -0.4 is 14.8 Å². The lowest BCUT2D eigenvalue weighted by molar-refractivity contribution is -0.125. The minimum Gasteiger partial charge on any atom is -0.493 e. The molecule has 0 radical (unpaired) electrons. The molecular formula is C28H36N2O5. The van der Waals surface area contributed by atoms with Crippen molar-refractivity contribution in [3.63, 3.8) is 0 Å². The average molecular weight is 481 g/mol. The number of nitrogens with one attached hydrogen (secondary N) is 1. The van der Waals surface area contributed by atoms with E-state index in [2.05, 4.69) is 5.32 Å². The van der Waals surface area contributed by atoms with Crippen molar-refractivity contribution in [2.75, 3.05) is 27.4 Å². The minimum absolute atomic E-state index is 0.0490. The Hall–Kier alpha value is -3.06. The van der Waals surface area contributed by atoms with Crippen LogP contribution in [0.4, 0.5) is 0 Å². The highest BCUT2D eigenvalue weighted by Crippen LogP contribution is 2.41. The highest BCUT2D eigenvalue weighted by molar-refractivity contribution is 5.98. The summed E-state index contributed by atoms with van der Waals surface area (Å²) in [6.45, 7) is 2.86. The smallest absolute Gasteiger partial charge is 0.254 e. The van der Waals surface area contributed by atoms with Crippen LogP contribution in [0.5, 0.6) is 11.5 Å². The SMILES string of the molecule is COCCOc1ccc(C(C)NC(=O)C2CC3CCCCC3N2C(=O)c2ccccc2)cc1OC. The Kier molecular flexibility index (Phi) is 8.29. The molecule has 4 unspecified atom stereocenters. The molecule has 7 nitrogen and oxygen atoms in total. The number of nitrogens with zero attached hydrogens (tertiary/aromatic N) is 1. The maximum absolute atomic E-state index is 13.5. The molecule has 7 heteroatoms. The molecule has 0 aromatic heterocycles. The summed E-state index contributed by atoms with van der Waals surface area (Å²) in [5, 5.41) is 3.16. The molecule has 2 aromatic rings. The summed E-state index contributed by atoms with van der Waals surface area (Å²) < 4.78 is 16.3. The number of carbonyl (C=O) groups excluding carboxylic acids is 2. The first kappa shape index (κ1) is 25.0. The van der Waals surface area contributed by atoms with E-state index >= 15 is 0 Å². The topological polar surface area (TPSA) is 77.1 Å². The number of rotatable bonds is 9. The van der Waals surface area contributed by atoms with E-state index in [1.54, 1.807) is 14.2 Å². The van der Waals surface area contributed by atoms with E-state index < -0.39 is 6.04 Å². The molecule has 2 amide bonds. The van der Waals surface area contributed by atoms with Crippen LogP contribution in [0.1, 0.15) is 61.0 Å². The van der Waals surface area contributed by atoms with Crippen LogP contribution in [0, 0.1) is 5.92 Å². The van der Waals surface area contributed by atoms with E-state index in [0.29, 0.717) is 36.2 Å². The van der Waals surface area contributed by atoms with Gasteiger partial charge in [-0.2, -0.15) is 0 Å². The van der Waals surface area contributed by atoms with E-state index in [0.717, 1.165) is 37.7 Å². The highest BCUT2D eigenvalue weighted by Gasteiger charge is 2.47. The van der Waals surface area contributed by atoms with Gasteiger partial charge in [-0.1, -0.05) is 37.1 Å². The lowest BCUT2D eigenvalue weighted by atomic mass is 9.84. The van der Waals surface area contributed by atoms with Gasteiger partial charge in [-0.25, -0.2) is 0 Å². The minimum atomic E-state index is -0.461. The first-order valence-corrected chi connectivity index (χ1v) is 12.5. The number of ether oxygens (including phenoxy) is 3. The second-order valence-electron chi connectivity index (χ2n) is 9.42. The van der Waals surface area contributed by atoms with Crippen LogP contribution in [-0.4, -0.2) is 56.2 Å². The van der Waals surface area contributed by atoms with Crippen LogP contribution in [-0.2, 0) is 9.53 Å². The number of carbonyl (C=O) groups is 2. The fourth-order valence-electron chi connectivity index (χ4n) is 5.42. The van der Waals surface area contributed by atoms with Crippen LogP contribution >= 0.6 is 0 Å². The molecule has 4 atom stereocenters. The van der Waals surface area contributed by atoms with Gasteiger partial charge in [0.1, 0.15) is 12.6 Å². The lowest BCUT2D eigenvalue weighted by Crippen LogP contribution is -2.50. The quantitative estimate of drug-likeness (QED) is 0.540. The molecule has 4 rings (SSSR count). The zero-order chi connectivity index (χ0) is 24.8. The molecule has 1 heterocycles. The predicted octanol–water partition coefficient (Wildman–Crippen LogP) is 4.37. The molecular weight excluding hydrogens is 444 g/mol. The van der Waals surface area contributed by atoms with Gasteiger partial charge in [0.25, 0.3) is 5.91 Å². The van der Waals surface area contributed by atoms with Gasteiger partial charge in [0.2, 0.25) is 5.91 Å². The van der Waals surface area contributed by atoms with Gasteiger partial charge in [0.05, 0.1) is 19.8 Å². The standard InChI is InChI=1S/C28H36N2O5/c1-19(21-13-14-25(26(18-21)34-3)35-16-15-33-2)29-27(31)24-17-22-11-7-8-12-23(22)30(24)28(32)20-9-5-4-6-10-20/h4-6,9-10,13-14,18-19,22-24H,7-8,11-12,15-17H2,1-3H3,(H,29,31). The molecule has 2 fully saturated rings. The summed E-state index contributed by atoms with van der Waals surface area (Å²) in [5.74, 6) is 1.47. The second-order valence-corrected chi connectivity index (χ2v) is 9.42. The Labute approximate surface area is 207 Å². The number of hydrogen-bond donors (Lipinski definition) is 1. The molecule has 2 aromatic carbocycles. The van der Waals surface area contributed by atoms with Crippen molar-refractivity contribution in [3.8, 4) is 11.5 Å². The van der Waals surface area contributed by atoms with E-state index in [1.807, 2.05) is 60.4 Å². The fraction of sp³-hybridized carbons (Fsp3) is 0.500. The van der Waals surface area contributed by atoms with Crippen LogP contribution in [0.2, 0.25) is 0 Å². The van der Waals surface area contributed by atoms with Crippen molar-refractivity contribution in [2.24, 2.45) is 5.92 Å². The lowest BCUT2D eigenvalue weighted by Gasteiger charge is -2.34. The monoisotopic (exact) mass is 480 g/mol. The molecule has 0 spiro atoms. The maximum atomic E-state index is 13.5. The summed E-state index contributed by atoms with van der Waals surface area (Å²) in [5.41, 5.74) is 1.55. The van der Waals surface area contributed by atoms with E-state index in [9.17, 15) is 9.59 Å². The molecule has 1 aliphatic heterocycles. The van der Waals surface area contributed by atoms with Crippen molar-refractivity contribution in [1.29, 1.82) is 0 Å². The van der Waals surface area contributed by atoms with Gasteiger partial charge in [0.15, 0.2) is 11.5 Å². The molecule has 1 N–H and O–H groups in total. The second kappa shape index (κ2) is 11.6. The van der Waals surface area contributed by atoms with Crippen molar-refractivity contribution in [2.45, 2.75) is 57.2 Å². The van der Waals surface area contributed by atoms with Crippen LogP contribution in [0.3, 0.4) is 0 Å². The van der Waals surface area contributed by atoms with E-state index in [4.69, 9.17) is 14.2 Å². The predicted molar refractivity (Wildman–Crippen MR) is 134 cm³/mol. The maximum Gasteiger partial charge on any atom is 0.254 e. The van der Waals surface area contributed by atoms with Gasteiger partial charge in [-0.05, 0) is 61.9 Å². The Balaban J connectivity index is 1.49. The molecule has 1 aliphatic carbocycles. The van der Waals surface area contributed by atoms with Crippen molar-refractivity contribution < 1.29 is 23.8 Å². The third-order valence-corrected chi connectivity index (χ3v) is 7.24. The third-order valence-electron chi connectivity index (χ3n) is 7.24. The first-order chi connectivity index (χ1) is 17.0. The number of methoxy groups -OCH3 is 2. The summed E-state index contributed by atoms with van der Waals surface area (Å²) in [7, 11) is 3.22. The molecule has 35 heavy (non-hydrogen) atoms. The van der Waals surface area contributed by atoms with Crippen molar-refractivity contribution >= 4 is 11.8 Å². The third kappa shape index (κ3) is 5.61. The number of likely N-dealkylation sites (tertiary alicyclic amines) is 1. The zero-order valence-corrected chi connectivity index (χ0v) is 20.9. The largest absolute Gasteiger partial charge is 0.493 e. The molecule has 0 bridgehead atoms. The Morgan fingerprint density at radius 1 is 1.03 bits per heavy atom. The number of benzene rings is 2. The number of fused-ring (bicyclic) bond motifs is 1. The van der Waals surface area contributed by atoms with Crippen molar-refractivity contribution in [1.82, 2.24) is 10.2 Å². The summed E-state index contributed by atoms with van der Waals surface area (Å²) in [4.78, 5) is 28.9. The first-order valence-electron chi connectivity index (χ1n) is 12.5. The number of hydrogen-bond acceptors (Lipinski definition) is 5. The van der Waals surface area contributed by atoms with Gasteiger partial charge in [-0.3, -0.25) is 9.59 Å². The van der Waals surface area contributed by atoms with Gasteiger partial charge in [-0.15, -0.1) is 0 Å². The molecule has 1 saturated heterocycles. The molecule has 1 saturated carbocycles. The average Bonchev–Trinajstić information content (AvgIpc) is 3.29. The number of amides is 2. The van der Waals surface area contributed by atoms with Crippen LogP contribution in [0.25, 0.3) is 0 Å². The van der Waals surface area contributed by atoms with Gasteiger partial charge in [0, 0.05) is 18.7 Å². The normalized spacial score (nSPS) is 22.3. The van der Waals surface area contributed by atoms with Gasteiger partial charge >= 0.3 is 0 Å². The van der Waals surface area contributed by atoms with Gasteiger partial charge < -0.3 is 24.4 Å². The fourth-order valence-corrected chi connectivity index (χ4v) is 5.42. The Morgan fingerprint density at radius 2 is 1.80 bits per heavy atom. The summed E-state index contributed by atoms with van der Waals surface area (Å²) in [6.07, 6.45) is 5.02. The Morgan fingerprint density at radius 3 is 2.54 bits per heavy atom. The molecule has 188 valence electrons. The van der Waals surface area contributed by atoms with Crippen molar-refractivity contribution in [3.05, 3.63) is 59.7 Å². The van der Waals surface area contributed by atoms with Crippen LogP contribution in [0.15, 0.2) is 48.5 Å². The zero-order valence-electron chi connectivity index (χ0n) is 20.9.